The molecule has 0 aliphatic carbocycles. The van der Waals surface area contributed by atoms with E-state index in [1.165, 1.54) is 22.2 Å². The fraction of sp³-hybridized carbons (Fsp3) is 0.235. The van der Waals surface area contributed by atoms with Gasteiger partial charge >= 0.3 is 0 Å². The van der Waals surface area contributed by atoms with E-state index >= 15 is 0 Å². The lowest BCUT2D eigenvalue weighted by Gasteiger charge is -2.16. The maximum Gasteiger partial charge on any atom is 0.262 e. The molecule has 0 aliphatic heterocycles. The first-order valence-corrected chi connectivity index (χ1v) is 8.78. The van der Waals surface area contributed by atoms with Gasteiger partial charge in [0.15, 0.2) is 0 Å². The summed E-state index contributed by atoms with van der Waals surface area (Å²) in [5.74, 6) is -0.139. The van der Waals surface area contributed by atoms with Crippen molar-refractivity contribution >= 4 is 39.1 Å². The van der Waals surface area contributed by atoms with Crippen molar-refractivity contribution in [3.63, 3.8) is 0 Å². The molecule has 0 saturated carbocycles. The molecule has 1 amide bonds. The fourth-order valence-electron chi connectivity index (χ4n) is 2.49. The number of aromatic nitrogens is 2. The van der Waals surface area contributed by atoms with Crippen LogP contribution in [0.4, 0.5) is 0 Å². The SMILES string of the molecule is C[C@H](NC(=O)CCn1cnc2sccc2c1=O)c1ccccc1Cl. The number of carbonyl (C=O) groups excluding carboxylic acids is 1. The molecular weight excluding hydrogens is 346 g/mol. The summed E-state index contributed by atoms with van der Waals surface area (Å²) in [7, 11) is 0. The Morgan fingerprint density at radius 1 is 1.38 bits per heavy atom. The number of thiophene rings is 1. The van der Waals surface area contributed by atoms with Crippen LogP contribution in [-0.2, 0) is 11.3 Å². The normalized spacial score (nSPS) is 12.2. The van der Waals surface area contributed by atoms with Gasteiger partial charge in [0.05, 0.1) is 17.8 Å². The number of amides is 1. The quantitative estimate of drug-likeness (QED) is 0.757. The molecule has 3 aromatic rings. The van der Waals surface area contributed by atoms with Gasteiger partial charge < -0.3 is 5.32 Å². The van der Waals surface area contributed by atoms with E-state index in [0.29, 0.717) is 21.8 Å². The van der Waals surface area contributed by atoms with Crippen LogP contribution in [0, 0.1) is 0 Å². The van der Waals surface area contributed by atoms with Gasteiger partial charge in [-0.3, -0.25) is 14.2 Å². The molecule has 0 aliphatic rings. The first kappa shape index (κ1) is 16.7. The summed E-state index contributed by atoms with van der Waals surface area (Å²) in [6.45, 7) is 2.17. The Bertz CT molecular complexity index is 935. The number of hydrogen-bond donors (Lipinski definition) is 1. The molecular formula is C17H16ClN3O2S. The van der Waals surface area contributed by atoms with Gasteiger partial charge in [-0.05, 0) is 30.0 Å². The Balaban J connectivity index is 1.64. The number of hydrogen-bond acceptors (Lipinski definition) is 4. The summed E-state index contributed by atoms with van der Waals surface area (Å²) in [6, 6.07) is 8.96. The van der Waals surface area contributed by atoms with Crippen molar-refractivity contribution in [1.29, 1.82) is 0 Å². The zero-order valence-corrected chi connectivity index (χ0v) is 14.6. The van der Waals surface area contributed by atoms with Gasteiger partial charge in [-0.2, -0.15) is 0 Å². The third kappa shape index (κ3) is 3.49. The Morgan fingerprint density at radius 3 is 2.96 bits per heavy atom. The Hall–Kier alpha value is -2.18. The third-order valence-corrected chi connectivity index (χ3v) is 4.94. The molecule has 0 spiro atoms. The average molecular weight is 362 g/mol. The molecule has 2 heterocycles. The van der Waals surface area contributed by atoms with Crippen molar-refractivity contribution in [3.05, 3.63) is 63.0 Å². The second kappa shape index (κ2) is 7.15. The zero-order valence-electron chi connectivity index (χ0n) is 13.0. The van der Waals surface area contributed by atoms with E-state index < -0.39 is 0 Å². The molecule has 0 fully saturated rings. The third-order valence-electron chi connectivity index (χ3n) is 3.78. The summed E-state index contributed by atoms with van der Waals surface area (Å²) in [6.07, 6.45) is 1.69. The minimum Gasteiger partial charge on any atom is -0.349 e. The lowest BCUT2D eigenvalue weighted by molar-refractivity contribution is -0.121. The van der Waals surface area contributed by atoms with E-state index in [0.717, 1.165) is 5.56 Å². The Morgan fingerprint density at radius 2 is 2.17 bits per heavy atom. The van der Waals surface area contributed by atoms with Gasteiger partial charge in [0.1, 0.15) is 4.83 Å². The molecule has 1 atom stereocenters. The number of nitrogens with zero attached hydrogens (tertiary/aromatic N) is 2. The number of halogens is 1. The number of nitrogens with one attached hydrogen (secondary N) is 1. The predicted molar refractivity (Wildman–Crippen MR) is 96.5 cm³/mol. The van der Waals surface area contributed by atoms with Crippen molar-refractivity contribution in [3.8, 4) is 0 Å². The number of rotatable bonds is 5. The second-order valence-electron chi connectivity index (χ2n) is 5.44. The van der Waals surface area contributed by atoms with Crippen LogP contribution in [0.5, 0.6) is 0 Å². The molecule has 0 bridgehead atoms. The van der Waals surface area contributed by atoms with E-state index in [1.54, 1.807) is 12.1 Å². The molecule has 124 valence electrons. The number of carbonyl (C=O) groups is 1. The number of benzene rings is 1. The van der Waals surface area contributed by atoms with Gasteiger partial charge in [0.25, 0.3) is 5.56 Å². The fourth-order valence-corrected chi connectivity index (χ4v) is 3.51. The van der Waals surface area contributed by atoms with Crippen LogP contribution in [0.2, 0.25) is 5.02 Å². The van der Waals surface area contributed by atoms with Crippen LogP contribution >= 0.6 is 22.9 Å². The lowest BCUT2D eigenvalue weighted by Crippen LogP contribution is -2.29. The highest BCUT2D eigenvalue weighted by Crippen LogP contribution is 2.22. The van der Waals surface area contributed by atoms with Crippen LogP contribution < -0.4 is 10.9 Å². The molecule has 5 nitrogen and oxygen atoms in total. The maximum atomic E-state index is 12.3. The summed E-state index contributed by atoms with van der Waals surface area (Å²) >= 11 is 7.56. The lowest BCUT2D eigenvalue weighted by atomic mass is 10.1. The predicted octanol–water partition coefficient (Wildman–Crippen LogP) is 3.38. The van der Waals surface area contributed by atoms with Crippen molar-refractivity contribution in [1.82, 2.24) is 14.9 Å². The van der Waals surface area contributed by atoms with Crippen LogP contribution in [-0.4, -0.2) is 15.5 Å². The topological polar surface area (TPSA) is 64.0 Å². The monoisotopic (exact) mass is 361 g/mol. The molecule has 24 heavy (non-hydrogen) atoms. The van der Waals surface area contributed by atoms with Crippen molar-refractivity contribution in [2.75, 3.05) is 0 Å². The van der Waals surface area contributed by atoms with Crippen LogP contribution in [0.3, 0.4) is 0 Å². The van der Waals surface area contributed by atoms with Crippen molar-refractivity contribution in [2.24, 2.45) is 0 Å². The highest BCUT2D eigenvalue weighted by Gasteiger charge is 2.13. The van der Waals surface area contributed by atoms with E-state index in [4.69, 9.17) is 11.6 Å². The molecule has 0 unspecified atom stereocenters. The largest absolute Gasteiger partial charge is 0.349 e. The molecule has 0 radical (unpaired) electrons. The van der Waals surface area contributed by atoms with Crippen LogP contribution in [0.15, 0.2) is 46.8 Å². The van der Waals surface area contributed by atoms with Gasteiger partial charge in [-0.15, -0.1) is 11.3 Å². The first-order chi connectivity index (χ1) is 11.6. The maximum absolute atomic E-state index is 12.3. The smallest absolute Gasteiger partial charge is 0.262 e. The standard InChI is InChI=1S/C17H16ClN3O2S/c1-11(12-4-2-3-5-14(12)18)20-15(22)6-8-21-10-19-16-13(17(21)23)7-9-24-16/h2-5,7,9-11H,6,8H2,1H3,(H,20,22)/t11-/m0/s1. The van der Waals surface area contributed by atoms with E-state index in [2.05, 4.69) is 10.3 Å². The molecule has 0 saturated heterocycles. The molecule has 3 rings (SSSR count). The highest BCUT2D eigenvalue weighted by molar-refractivity contribution is 7.16. The van der Waals surface area contributed by atoms with E-state index in [9.17, 15) is 9.59 Å². The van der Waals surface area contributed by atoms with Gasteiger partial charge in [0, 0.05) is 18.0 Å². The Labute approximate surface area is 147 Å². The van der Waals surface area contributed by atoms with Gasteiger partial charge in [0.2, 0.25) is 5.91 Å². The Kier molecular flexibility index (Phi) is 4.97. The highest BCUT2D eigenvalue weighted by atomic mass is 35.5. The minimum absolute atomic E-state index is 0.117. The van der Waals surface area contributed by atoms with Crippen molar-refractivity contribution < 1.29 is 4.79 Å². The molecule has 1 N–H and O–H groups in total. The number of fused-ring (bicyclic) bond motifs is 1. The van der Waals surface area contributed by atoms with Gasteiger partial charge in [-0.1, -0.05) is 29.8 Å². The zero-order chi connectivity index (χ0) is 17.1. The number of aryl methyl sites for hydroxylation is 1. The summed E-state index contributed by atoms with van der Waals surface area (Å²) < 4.78 is 1.47. The summed E-state index contributed by atoms with van der Waals surface area (Å²) in [5, 5.41) is 5.95. The molecule has 2 aromatic heterocycles. The van der Waals surface area contributed by atoms with Crippen LogP contribution in [0.1, 0.15) is 24.9 Å². The summed E-state index contributed by atoms with van der Waals surface area (Å²) in [5.41, 5.74) is 0.749. The van der Waals surface area contributed by atoms with Gasteiger partial charge in [-0.25, -0.2) is 4.98 Å². The average Bonchev–Trinajstić information content (AvgIpc) is 3.04. The summed E-state index contributed by atoms with van der Waals surface area (Å²) in [4.78, 5) is 29.4. The first-order valence-electron chi connectivity index (χ1n) is 7.52. The second-order valence-corrected chi connectivity index (χ2v) is 6.75. The molecule has 7 heteroatoms. The minimum atomic E-state index is -0.194. The molecule has 1 aromatic carbocycles. The van der Waals surface area contributed by atoms with Crippen molar-refractivity contribution in [2.45, 2.75) is 25.9 Å². The van der Waals surface area contributed by atoms with E-state index in [-0.39, 0.29) is 23.9 Å². The van der Waals surface area contributed by atoms with E-state index in [1.807, 2.05) is 30.5 Å². The van der Waals surface area contributed by atoms with Crippen LogP contribution in [0.25, 0.3) is 10.2 Å².